The maximum atomic E-state index is 12.4. The molecule has 1 aromatic heterocycles. The standard InChI is InChI=1S/C13H19F3N4/c1-3-12(10-17,18-4-2)6-5-7-20-9-11(8-19-20)13(14,15)16/h8-9,18H,3-7H2,1-2H3. The third kappa shape index (κ3) is 4.23. The van der Waals surface area contributed by atoms with E-state index in [1.54, 1.807) is 0 Å². The van der Waals surface area contributed by atoms with Crippen LogP contribution in [0, 0.1) is 11.3 Å². The molecular formula is C13H19F3N4. The molecule has 1 aromatic rings. The van der Waals surface area contributed by atoms with Crippen molar-refractivity contribution in [1.29, 1.82) is 5.26 Å². The van der Waals surface area contributed by atoms with Gasteiger partial charge in [-0.1, -0.05) is 13.8 Å². The Hall–Kier alpha value is -1.55. The molecule has 1 atom stereocenters. The van der Waals surface area contributed by atoms with Crippen LogP contribution < -0.4 is 5.32 Å². The molecule has 0 saturated carbocycles. The quantitative estimate of drug-likeness (QED) is 0.839. The van der Waals surface area contributed by atoms with Crippen molar-refractivity contribution >= 4 is 0 Å². The Morgan fingerprint density at radius 2 is 2.10 bits per heavy atom. The average Bonchev–Trinajstić information content (AvgIpc) is 2.86. The summed E-state index contributed by atoms with van der Waals surface area (Å²) < 4.78 is 38.5. The Balaban J connectivity index is 2.56. The van der Waals surface area contributed by atoms with Gasteiger partial charge >= 0.3 is 6.18 Å². The lowest BCUT2D eigenvalue weighted by molar-refractivity contribution is -0.137. The maximum absolute atomic E-state index is 12.4. The molecule has 0 bridgehead atoms. The van der Waals surface area contributed by atoms with Gasteiger partial charge < -0.3 is 0 Å². The molecular weight excluding hydrogens is 269 g/mol. The lowest BCUT2D eigenvalue weighted by Gasteiger charge is -2.25. The minimum atomic E-state index is -4.36. The van der Waals surface area contributed by atoms with Crippen molar-refractivity contribution in [1.82, 2.24) is 15.1 Å². The molecule has 0 amide bonds. The second kappa shape index (κ2) is 6.75. The normalized spacial score (nSPS) is 14.8. The average molecular weight is 288 g/mol. The molecule has 1 unspecified atom stereocenters. The van der Waals surface area contributed by atoms with E-state index >= 15 is 0 Å². The van der Waals surface area contributed by atoms with E-state index in [1.165, 1.54) is 4.68 Å². The molecule has 0 fully saturated rings. The second-order valence-electron chi connectivity index (χ2n) is 4.67. The van der Waals surface area contributed by atoms with Crippen LogP contribution in [0.2, 0.25) is 0 Å². The number of hydrogen-bond acceptors (Lipinski definition) is 3. The fourth-order valence-electron chi connectivity index (χ4n) is 2.08. The zero-order valence-corrected chi connectivity index (χ0v) is 11.7. The van der Waals surface area contributed by atoms with Gasteiger partial charge in [-0.15, -0.1) is 0 Å². The fraction of sp³-hybridized carbons (Fsp3) is 0.692. The van der Waals surface area contributed by atoms with Crippen LogP contribution in [-0.4, -0.2) is 21.9 Å². The number of nitrogens with one attached hydrogen (secondary N) is 1. The van der Waals surface area contributed by atoms with Crippen molar-refractivity contribution in [2.24, 2.45) is 0 Å². The van der Waals surface area contributed by atoms with Gasteiger partial charge in [0.1, 0.15) is 5.54 Å². The van der Waals surface area contributed by atoms with Crippen molar-refractivity contribution in [3.8, 4) is 6.07 Å². The summed E-state index contributed by atoms with van der Waals surface area (Å²) in [6, 6.07) is 2.26. The lowest BCUT2D eigenvalue weighted by atomic mass is 9.92. The first-order valence-electron chi connectivity index (χ1n) is 6.63. The molecule has 1 N–H and O–H groups in total. The molecule has 7 heteroatoms. The van der Waals surface area contributed by atoms with E-state index in [1.807, 2.05) is 13.8 Å². The Kier molecular flexibility index (Phi) is 5.57. The van der Waals surface area contributed by atoms with Crippen molar-refractivity contribution in [3.05, 3.63) is 18.0 Å². The summed E-state index contributed by atoms with van der Waals surface area (Å²) in [6.45, 7) is 4.89. The summed E-state index contributed by atoms with van der Waals surface area (Å²) in [6.07, 6.45) is -0.719. The SMILES string of the molecule is CCNC(C#N)(CC)CCCn1cc(C(F)(F)F)cn1. The number of hydrogen-bond donors (Lipinski definition) is 1. The summed E-state index contributed by atoms with van der Waals surface area (Å²) in [5, 5.41) is 16.1. The van der Waals surface area contributed by atoms with Gasteiger partial charge in [-0.2, -0.15) is 23.5 Å². The van der Waals surface area contributed by atoms with Crippen molar-refractivity contribution in [2.75, 3.05) is 6.54 Å². The van der Waals surface area contributed by atoms with E-state index in [4.69, 9.17) is 0 Å². The molecule has 20 heavy (non-hydrogen) atoms. The molecule has 0 spiro atoms. The third-order valence-electron chi connectivity index (χ3n) is 3.28. The Bertz CT molecular complexity index is 461. The molecule has 0 aliphatic rings. The van der Waals surface area contributed by atoms with E-state index in [-0.39, 0.29) is 0 Å². The van der Waals surface area contributed by atoms with Crippen LogP contribution >= 0.6 is 0 Å². The van der Waals surface area contributed by atoms with E-state index in [0.717, 1.165) is 12.4 Å². The minimum Gasteiger partial charge on any atom is -0.300 e. The molecule has 0 aliphatic carbocycles. The predicted molar refractivity (Wildman–Crippen MR) is 68.8 cm³/mol. The monoisotopic (exact) mass is 288 g/mol. The number of aromatic nitrogens is 2. The first-order valence-corrected chi connectivity index (χ1v) is 6.63. The van der Waals surface area contributed by atoms with Gasteiger partial charge in [0, 0.05) is 12.7 Å². The molecule has 0 saturated heterocycles. The lowest BCUT2D eigenvalue weighted by Crippen LogP contribution is -2.43. The predicted octanol–water partition coefficient (Wildman–Crippen LogP) is 2.96. The maximum Gasteiger partial charge on any atom is 0.419 e. The zero-order chi connectivity index (χ0) is 15.2. The molecule has 0 radical (unpaired) electrons. The van der Waals surface area contributed by atoms with Gasteiger partial charge in [-0.3, -0.25) is 10.00 Å². The van der Waals surface area contributed by atoms with E-state index in [0.29, 0.717) is 32.4 Å². The number of nitriles is 1. The Labute approximate surface area is 116 Å². The van der Waals surface area contributed by atoms with E-state index in [2.05, 4.69) is 16.5 Å². The largest absolute Gasteiger partial charge is 0.419 e. The molecule has 112 valence electrons. The van der Waals surface area contributed by atoms with E-state index in [9.17, 15) is 18.4 Å². The van der Waals surface area contributed by atoms with Gasteiger partial charge in [0.05, 0.1) is 17.8 Å². The highest BCUT2D eigenvalue weighted by molar-refractivity contribution is 5.08. The topological polar surface area (TPSA) is 53.6 Å². The van der Waals surface area contributed by atoms with Gasteiger partial charge in [0.15, 0.2) is 0 Å². The summed E-state index contributed by atoms with van der Waals surface area (Å²) in [5.41, 5.74) is -1.35. The van der Waals surface area contributed by atoms with Gasteiger partial charge in [0.25, 0.3) is 0 Å². The summed E-state index contributed by atoms with van der Waals surface area (Å²) in [5.74, 6) is 0. The Morgan fingerprint density at radius 1 is 1.40 bits per heavy atom. The van der Waals surface area contributed by atoms with Gasteiger partial charge in [-0.25, -0.2) is 0 Å². The summed E-state index contributed by atoms with van der Waals surface area (Å²) >= 11 is 0. The minimum absolute atomic E-state index is 0.366. The third-order valence-corrected chi connectivity index (χ3v) is 3.28. The van der Waals surface area contributed by atoms with Gasteiger partial charge in [0.2, 0.25) is 0 Å². The van der Waals surface area contributed by atoms with Crippen LogP contribution in [0.3, 0.4) is 0 Å². The second-order valence-corrected chi connectivity index (χ2v) is 4.67. The van der Waals surface area contributed by atoms with Crippen LogP contribution in [0.25, 0.3) is 0 Å². The van der Waals surface area contributed by atoms with Crippen LogP contribution in [0.4, 0.5) is 13.2 Å². The first-order chi connectivity index (χ1) is 9.37. The van der Waals surface area contributed by atoms with Crippen LogP contribution in [-0.2, 0) is 12.7 Å². The molecule has 1 rings (SSSR count). The summed E-state index contributed by atoms with van der Waals surface area (Å²) in [7, 11) is 0. The van der Waals surface area contributed by atoms with Crippen LogP contribution in [0.5, 0.6) is 0 Å². The number of nitrogens with zero attached hydrogens (tertiary/aromatic N) is 3. The van der Waals surface area contributed by atoms with Crippen molar-refractivity contribution < 1.29 is 13.2 Å². The van der Waals surface area contributed by atoms with Crippen molar-refractivity contribution in [3.63, 3.8) is 0 Å². The molecule has 0 aliphatic heterocycles. The molecule has 4 nitrogen and oxygen atoms in total. The highest BCUT2D eigenvalue weighted by atomic mass is 19.4. The molecule has 1 heterocycles. The Morgan fingerprint density at radius 3 is 2.55 bits per heavy atom. The van der Waals surface area contributed by atoms with Gasteiger partial charge in [-0.05, 0) is 25.8 Å². The summed E-state index contributed by atoms with van der Waals surface area (Å²) in [4.78, 5) is 0. The first kappa shape index (κ1) is 16.5. The number of aryl methyl sites for hydroxylation is 1. The fourth-order valence-corrected chi connectivity index (χ4v) is 2.08. The van der Waals surface area contributed by atoms with Crippen LogP contribution in [0.1, 0.15) is 38.7 Å². The highest BCUT2D eigenvalue weighted by Crippen LogP contribution is 2.28. The van der Waals surface area contributed by atoms with Crippen molar-refractivity contribution in [2.45, 2.75) is 51.4 Å². The smallest absolute Gasteiger partial charge is 0.300 e. The van der Waals surface area contributed by atoms with Crippen LogP contribution in [0.15, 0.2) is 12.4 Å². The zero-order valence-electron chi connectivity index (χ0n) is 11.7. The molecule has 0 aromatic carbocycles. The highest BCUT2D eigenvalue weighted by Gasteiger charge is 2.32. The number of halogens is 3. The number of rotatable bonds is 7. The van der Waals surface area contributed by atoms with E-state index < -0.39 is 17.3 Å². The number of alkyl halides is 3.